The van der Waals surface area contributed by atoms with Gasteiger partial charge in [-0.25, -0.2) is 9.97 Å². The molecule has 2 saturated carbocycles. The average Bonchev–Trinajstić information content (AvgIpc) is 2.74. The first kappa shape index (κ1) is 21.8. The Morgan fingerprint density at radius 3 is 2.14 bits per heavy atom. The van der Waals surface area contributed by atoms with Gasteiger partial charge < -0.3 is 0 Å². The first-order valence-corrected chi connectivity index (χ1v) is 12.5. The number of hydrogen-bond donors (Lipinski definition) is 0. The summed E-state index contributed by atoms with van der Waals surface area (Å²) in [5.41, 5.74) is 1.18. The van der Waals surface area contributed by atoms with Gasteiger partial charge in [-0.2, -0.15) is 0 Å². The Morgan fingerprint density at radius 2 is 1.46 bits per heavy atom. The fourth-order valence-corrected chi connectivity index (χ4v) is 5.96. The summed E-state index contributed by atoms with van der Waals surface area (Å²) in [5.74, 6) is 4.78. The van der Waals surface area contributed by atoms with Gasteiger partial charge in [-0.1, -0.05) is 90.4 Å². The summed E-state index contributed by atoms with van der Waals surface area (Å²) in [6.45, 7) is 4.40. The molecule has 2 aliphatic carbocycles. The summed E-state index contributed by atoms with van der Waals surface area (Å²) in [6.07, 6.45) is 27.0. The summed E-state index contributed by atoms with van der Waals surface area (Å²) in [5, 5.41) is 0. The minimum Gasteiger partial charge on any atom is -0.241 e. The first-order chi connectivity index (χ1) is 13.8. The molecule has 2 fully saturated rings. The van der Waals surface area contributed by atoms with Gasteiger partial charge in [0, 0.05) is 18.8 Å². The van der Waals surface area contributed by atoms with Crippen LogP contribution in [0.1, 0.15) is 115 Å². The molecule has 0 spiro atoms. The zero-order valence-corrected chi connectivity index (χ0v) is 18.7. The van der Waals surface area contributed by atoms with Crippen molar-refractivity contribution in [2.45, 2.75) is 117 Å². The molecule has 1 aromatic heterocycles. The van der Waals surface area contributed by atoms with E-state index in [1.165, 1.54) is 102 Å². The minimum atomic E-state index is 0.827. The molecular weight excluding hydrogens is 340 g/mol. The van der Waals surface area contributed by atoms with E-state index in [0.29, 0.717) is 0 Å². The molecule has 0 radical (unpaired) electrons. The van der Waals surface area contributed by atoms with Gasteiger partial charge in [0.15, 0.2) is 0 Å². The lowest BCUT2D eigenvalue weighted by Crippen LogP contribution is -2.31. The Bertz CT molecular complexity index is 524. The maximum absolute atomic E-state index is 4.68. The highest BCUT2D eigenvalue weighted by molar-refractivity contribution is 5.03. The quantitative estimate of drug-likeness (QED) is 0.386. The fraction of sp³-hybridized carbons (Fsp3) is 0.846. The zero-order chi connectivity index (χ0) is 19.6. The van der Waals surface area contributed by atoms with Crippen molar-refractivity contribution >= 4 is 0 Å². The second-order valence-corrected chi connectivity index (χ2v) is 9.93. The van der Waals surface area contributed by atoms with Gasteiger partial charge >= 0.3 is 0 Å². The van der Waals surface area contributed by atoms with E-state index >= 15 is 0 Å². The van der Waals surface area contributed by atoms with Crippen LogP contribution in [0.5, 0.6) is 0 Å². The number of unbranched alkanes of at least 4 members (excludes halogenated alkanes) is 4. The van der Waals surface area contributed by atoms with Crippen LogP contribution in [0.2, 0.25) is 0 Å². The molecule has 1 heterocycles. The molecule has 0 saturated heterocycles. The third-order valence-corrected chi connectivity index (χ3v) is 7.72. The Morgan fingerprint density at radius 1 is 0.821 bits per heavy atom. The van der Waals surface area contributed by atoms with Crippen LogP contribution in [0.15, 0.2) is 12.4 Å². The second-order valence-electron chi connectivity index (χ2n) is 9.93. The molecule has 1 aromatic rings. The second kappa shape index (κ2) is 11.9. The molecule has 2 nitrogen and oxygen atoms in total. The largest absolute Gasteiger partial charge is 0.241 e. The van der Waals surface area contributed by atoms with Gasteiger partial charge in [0.1, 0.15) is 5.82 Å². The maximum Gasteiger partial charge on any atom is 0.128 e. The molecule has 3 rings (SSSR count). The van der Waals surface area contributed by atoms with E-state index in [0.717, 1.165) is 35.9 Å². The highest BCUT2D eigenvalue weighted by Gasteiger charge is 2.33. The summed E-state index contributed by atoms with van der Waals surface area (Å²) < 4.78 is 0. The van der Waals surface area contributed by atoms with Crippen LogP contribution in [-0.2, 0) is 6.42 Å². The third kappa shape index (κ3) is 6.85. The topological polar surface area (TPSA) is 25.8 Å². The van der Waals surface area contributed by atoms with E-state index < -0.39 is 0 Å². The van der Waals surface area contributed by atoms with Gasteiger partial charge in [0.25, 0.3) is 0 Å². The standard InChI is InChI=1S/C26H44N2/c1-3-4-5-6-8-11-22-14-16-24(17-15-22)25(23-12-9-7-10-13-23)18-26-27-19-21(2)20-28-26/h19-20,22-25H,3-18H2,1-2H3. The van der Waals surface area contributed by atoms with Crippen LogP contribution in [0.25, 0.3) is 0 Å². The normalized spacial score (nSPS) is 24.9. The van der Waals surface area contributed by atoms with Gasteiger partial charge in [-0.3, -0.25) is 0 Å². The number of rotatable bonds is 10. The SMILES string of the molecule is CCCCCCCC1CCC(C(Cc2ncc(C)cn2)C2CCCCC2)CC1. The lowest BCUT2D eigenvalue weighted by Gasteiger charge is -2.39. The first-order valence-electron chi connectivity index (χ1n) is 12.5. The van der Waals surface area contributed by atoms with Gasteiger partial charge in [-0.15, -0.1) is 0 Å². The minimum absolute atomic E-state index is 0.827. The Hall–Kier alpha value is -0.920. The highest BCUT2D eigenvalue weighted by Crippen LogP contribution is 2.43. The lowest BCUT2D eigenvalue weighted by atomic mass is 9.66. The Kier molecular flexibility index (Phi) is 9.28. The Labute approximate surface area is 174 Å². The van der Waals surface area contributed by atoms with Crippen LogP contribution < -0.4 is 0 Å². The molecule has 0 N–H and O–H groups in total. The molecule has 0 amide bonds. The van der Waals surface area contributed by atoms with Crippen molar-refractivity contribution in [1.29, 1.82) is 0 Å². The average molecular weight is 385 g/mol. The molecule has 0 aliphatic heterocycles. The molecule has 28 heavy (non-hydrogen) atoms. The van der Waals surface area contributed by atoms with Crippen molar-refractivity contribution in [3.8, 4) is 0 Å². The van der Waals surface area contributed by atoms with Crippen molar-refractivity contribution in [2.75, 3.05) is 0 Å². The van der Waals surface area contributed by atoms with Crippen molar-refractivity contribution in [3.05, 3.63) is 23.8 Å². The van der Waals surface area contributed by atoms with E-state index in [1.54, 1.807) is 0 Å². The summed E-state index contributed by atoms with van der Waals surface area (Å²) >= 11 is 0. The van der Waals surface area contributed by atoms with Crippen molar-refractivity contribution in [2.24, 2.45) is 23.7 Å². The number of aromatic nitrogens is 2. The van der Waals surface area contributed by atoms with Gasteiger partial charge in [0.05, 0.1) is 0 Å². The van der Waals surface area contributed by atoms with Crippen LogP contribution in [-0.4, -0.2) is 9.97 Å². The van der Waals surface area contributed by atoms with E-state index in [9.17, 15) is 0 Å². The molecule has 0 aromatic carbocycles. The summed E-state index contributed by atoms with van der Waals surface area (Å²) in [4.78, 5) is 9.35. The molecule has 2 aliphatic rings. The predicted octanol–water partition coefficient (Wildman–Crippen LogP) is 7.69. The highest BCUT2D eigenvalue weighted by atomic mass is 14.9. The van der Waals surface area contributed by atoms with Crippen molar-refractivity contribution in [1.82, 2.24) is 9.97 Å². The molecular formula is C26H44N2. The molecule has 2 heteroatoms. The van der Waals surface area contributed by atoms with Crippen molar-refractivity contribution < 1.29 is 0 Å². The third-order valence-electron chi connectivity index (χ3n) is 7.72. The number of hydrogen-bond acceptors (Lipinski definition) is 2. The summed E-state index contributed by atoms with van der Waals surface area (Å²) in [7, 11) is 0. The van der Waals surface area contributed by atoms with Crippen LogP contribution in [0.4, 0.5) is 0 Å². The fourth-order valence-electron chi connectivity index (χ4n) is 5.96. The zero-order valence-electron chi connectivity index (χ0n) is 18.7. The van der Waals surface area contributed by atoms with Gasteiger partial charge in [0.2, 0.25) is 0 Å². The Balaban J connectivity index is 1.51. The number of nitrogens with zero attached hydrogens (tertiary/aromatic N) is 2. The predicted molar refractivity (Wildman–Crippen MR) is 119 cm³/mol. The smallest absolute Gasteiger partial charge is 0.128 e. The lowest BCUT2D eigenvalue weighted by molar-refractivity contribution is 0.121. The molecule has 158 valence electrons. The number of aryl methyl sites for hydroxylation is 1. The molecule has 1 unspecified atom stereocenters. The molecule has 1 atom stereocenters. The van der Waals surface area contributed by atoms with E-state index in [2.05, 4.69) is 23.8 Å². The van der Waals surface area contributed by atoms with E-state index in [4.69, 9.17) is 0 Å². The van der Waals surface area contributed by atoms with E-state index in [1.807, 2.05) is 12.4 Å². The summed E-state index contributed by atoms with van der Waals surface area (Å²) in [6, 6.07) is 0. The van der Waals surface area contributed by atoms with Crippen LogP contribution >= 0.6 is 0 Å². The van der Waals surface area contributed by atoms with Crippen LogP contribution in [0, 0.1) is 30.6 Å². The molecule has 0 bridgehead atoms. The van der Waals surface area contributed by atoms with Crippen LogP contribution in [0.3, 0.4) is 0 Å². The van der Waals surface area contributed by atoms with Gasteiger partial charge in [-0.05, 0) is 49.0 Å². The van der Waals surface area contributed by atoms with E-state index in [-0.39, 0.29) is 0 Å². The monoisotopic (exact) mass is 384 g/mol. The maximum atomic E-state index is 4.68. The van der Waals surface area contributed by atoms with Crippen molar-refractivity contribution in [3.63, 3.8) is 0 Å².